The third kappa shape index (κ3) is 7.47. The molecule has 3 saturated carbocycles. The number of ether oxygens (including phenoxy) is 7. The molecule has 312 valence electrons. The highest BCUT2D eigenvalue weighted by molar-refractivity contribution is 5.87. The maximum atomic E-state index is 13.4. The molecule has 5 fully saturated rings. The molecule has 2 aliphatic heterocycles. The number of esters is 2. The van der Waals surface area contributed by atoms with Crippen LogP contribution in [0.25, 0.3) is 0 Å². The zero-order chi connectivity index (χ0) is 40.2. The summed E-state index contributed by atoms with van der Waals surface area (Å²) < 4.78 is 42.5. The third-order valence-electron chi connectivity index (χ3n) is 14.7. The number of hydrogen-bond acceptors (Lipinski definition) is 14. The molecule has 6 aliphatic rings. The minimum absolute atomic E-state index is 0.0437. The number of hydrogen-bond donors (Lipinski definition) is 5. The molecule has 14 heteroatoms. The average molecular weight is 781 g/mol. The predicted molar refractivity (Wildman–Crippen MR) is 196 cm³/mol. The van der Waals surface area contributed by atoms with Gasteiger partial charge >= 0.3 is 11.9 Å². The lowest BCUT2D eigenvalue weighted by Crippen LogP contribution is -2.67. The first-order chi connectivity index (χ1) is 25.9. The fourth-order valence-electron chi connectivity index (χ4n) is 11.4. The monoisotopic (exact) mass is 780 g/mol. The van der Waals surface area contributed by atoms with Gasteiger partial charge in [-0.3, -0.25) is 4.79 Å². The molecule has 0 aromatic heterocycles. The van der Waals surface area contributed by atoms with Crippen LogP contribution < -0.4 is 0 Å². The van der Waals surface area contributed by atoms with Gasteiger partial charge in [0.05, 0.1) is 30.5 Å². The maximum absolute atomic E-state index is 13.4. The van der Waals surface area contributed by atoms with Crippen LogP contribution >= 0.6 is 0 Å². The van der Waals surface area contributed by atoms with Crippen LogP contribution in [0.4, 0.5) is 0 Å². The summed E-state index contributed by atoms with van der Waals surface area (Å²) >= 11 is 0. The summed E-state index contributed by atoms with van der Waals surface area (Å²) in [5, 5.41) is 53.6. The van der Waals surface area contributed by atoms with Gasteiger partial charge in [-0.25, -0.2) is 4.79 Å². The number of carbonyl (C=O) groups is 2. The van der Waals surface area contributed by atoms with E-state index in [2.05, 4.69) is 13.0 Å². The third-order valence-corrected chi connectivity index (χ3v) is 14.7. The number of allylic oxidation sites excluding steroid dienone is 2. The Labute approximate surface area is 324 Å². The fraction of sp³-hybridized carbons (Fsp3) is 0.854. The first-order valence-corrected chi connectivity index (χ1v) is 20.2. The van der Waals surface area contributed by atoms with Gasteiger partial charge in [-0.05, 0) is 89.9 Å². The van der Waals surface area contributed by atoms with Crippen LogP contribution in [0.5, 0.6) is 0 Å². The largest absolute Gasteiger partial charge is 0.463 e. The highest BCUT2D eigenvalue weighted by atomic mass is 16.7. The second-order valence-corrected chi connectivity index (χ2v) is 17.4. The van der Waals surface area contributed by atoms with E-state index in [1.165, 1.54) is 12.5 Å². The van der Waals surface area contributed by atoms with E-state index in [-0.39, 0.29) is 35.2 Å². The Balaban J connectivity index is 1.17. The van der Waals surface area contributed by atoms with Crippen molar-refractivity contribution in [3.8, 4) is 0 Å². The maximum Gasteiger partial charge on any atom is 0.333 e. The highest BCUT2D eigenvalue weighted by Crippen LogP contribution is 2.69. The quantitative estimate of drug-likeness (QED) is 0.123. The molecular formula is C41H64O14. The van der Waals surface area contributed by atoms with Gasteiger partial charge in [-0.1, -0.05) is 31.6 Å². The van der Waals surface area contributed by atoms with E-state index in [9.17, 15) is 35.1 Å². The molecule has 55 heavy (non-hydrogen) atoms. The van der Waals surface area contributed by atoms with Crippen molar-refractivity contribution in [2.75, 3.05) is 13.7 Å². The van der Waals surface area contributed by atoms with Crippen LogP contribution in [-0.4, -0.2) is 130 Å². The molecule has 6 rings (SSSR count). The van der Waals surface area contributed by atoms with E-state index in [0.29, 0.717) is 44.1 Å². The molecular weight excluding hydrogens is 716 g/mol. The van der Waals surface area contributed by atoms with Crippen molar-refractivity contribution in [1.82, 2.24) is 0 Å². The van der Waals surface area contributed by atoms with Crippen molar-refractivity contribution in [2.45, 2.75) is 179 Å². The van der Waals surface area contributed by atoms with E-state index in [4.69, 9.17) is 33.2 Å². The summed E-state index contributed by atoms with van der Waals surface area (Å²) in [6.07, 6.45) is -1.54. The Bertz CT molecular complexity index is 1470. The van der Waals surface area contributed by atoms with Crippen LogP contribution in [0.15, 0.2) is 23.3 Å². The van der Waals surface area contributed by atoms with Crippen molar-refractivity contribution < 1.29 is 68.3 Å². The molecule has 5 N–H and O–H groups in total. The minimum Gasteiger partial charge on any atom is -0.463 e. The van der Waals surface area contributed by atoms with Gasteiger partial charge in [0.1, 0.15) is 42.7 Å². The summed E-state index contributed by atoms with van der Waals surface area (Å²) in [5.41, 5.74) is -0.457. The smallest absolute Gasteiger partial charge is 0.333 e. The SMILES string of the molecule is C/C=C(\C)C(=O)O[C@@H]1C[C@H]2[C@@H](CC=C3C[C@@H](O[C@H]4C[C@H](OC)[C@H](O[C@@H]5O[C@H](CO)[C@@H](O)[C@H](O)[C@H]5O)[C@@H](C)O4)CC[C@@]32C)[C@@]2(O)CC[C@H]([C@@H](C)OC(C)=O)[C@@]12C. The molecule has 0 amide bonds. The van der Waals surface area contributed by atoms with Gasteiger partial charge in [-0.2, -0.15) is 0 Å². The van der Waals surface area contributed by atoms with Crippen LogP contribution in [-0.2, 0) is 42.7 Å². The number of aliphatic hydroxyl groups excluding tert-OH is 4. The molecule has 0 spiro atoms. The van der Waals surface area contributed by atoms with E-state index < -0.39 is 91.1 Å². The van der Waals surface area contributed by atoms with E-state index in [1.807, 2.05) is 13.8 Å². The number of rotatable bonds is 10. The fourth-order valence-corrected chi connectivity index (χ4v) is 11.4. The van der Waals surface area contributed by atoms with Crippen molar-refractivity contribution in [2.24, 2.45) is 28.6 Å². The molecule has 0 unspecified atom stereocenters. The Morgan fingerprint density at radius 3 is 2.40 bits per heavy atom. The molecule has 0 aromatic rings. The van der Waals surface area contributed by atoms with Crippen molar-refractivity contribution in [3.05, 3.63) is 23.3 Å². The Hall–Kier alpha value is -1.98. The van der Waals surface area contributed by atoms with Crippen LogP contribution in [0.2, 0.25) is 0 Å². The first-order valence-electron chi connectivity index (χ1n) is 20.2. The van der Waals surface area contributed by atoms with Gasteiger partial charge in [0.25, 0.3) is 0 Å². The Morgan fingerprint density at radius 1 is 1.02 bits per heavy atom. The topological polar surface area (TPSA) is 200 Å². The van der Waals surface area contributed by atoms with Gasteiger partial charge < -0.3 is 58.7 Å². The zero-order valence-electron chi connectivity index (χ0n) is 33.6. The molecule has 14 nitrogen and oxygen atoms in total. The standard InChI is InChI=1S/C41H64O14/c1-9-20(2)37(47)54-31-17-28-27(41(48)15-13-26(40(31,41)7)21(3)50-23(5)43)11-10-24-16-25(12-14-39(24,28)6)52-32-18-29(49-8)36(22(4)51-32)55-38-35(46)34(45)33(44)30(19-42)53-38/h9-10,21-22,25-36,38,42,44-46,48H,11-19H2,1-8H3/b20-9+/t21-,22-,25+,26-,27-,28+,29+,30-,31-,32+,33-,34+,35-,36-,38+,39+,40+,41+/m1/s1. The van der Waals surface area contributed by atoms with Crippen molar-refractivity contribution in [3.63, 3.8) is 0 Å². The van der Waals surface area contributed by atoms with Crippen LogP contribution in [0, 0.1) is 28.6 Å². The summed E-state index contributed by atoms with van der Waals surface area (Å²) in [7, 11) is 1.55. The van der Waals surface area contributed by atoms with E-state index in [1.54, 1.807) is 34.0 Å². The lowest BCUT2D eigenvalue weighted by molar-refractivity contribution is -0.345. The average Bonchev–Trinajstić information content (AvgIpc) is 3.44. The van der Waals surface area contributed by atoms with E-state index in [0.717, 1.165) is 12.8 Å². The van der Waals surface area contributed by atoms with Gasteiger partial charge in [0, 0.05) is 37.4 Å². The molecule has 0 radical (unpaired) electrons. The second kappa shape index (κ2) is 16.3. The second-order valence-electron chi connectivity index (χ2n) is 17.4. The normalized spacial score (nSPS) is 47.8. The highest BCUT2D eigenvalue weighted by Gasteiger charge is 2.71. The number of carbonyl (C=O) groups excluding carboxylic acids is 2. The first kappa shape index (κ1) is 42.6. The van der Waals surface area contributed by atoms with Crippen LogP contribution in [0.1, 0.15) is 99.8 Å². The molecule has 4 aliphatic carbocycles. The Kier molecular flexibility index (Phi) is 12.7. The summed E-state index contributed by atoms with van der Waals surface area (Å²) in [5.74, 6) is -0.985. The Morgan fingerprint density at radius 2 is 1.75 bits per heavy atom. The zero-order valence-corrected chi connectivity index (χ0v) is 33.6. The molecule has 2 heterocycles. The van der Waals surface area contributed by atoms with Gasteiger partial charge in [-0.15, -0.1) is 0 Å². The van der Waals surface area contributed by atoms with Gasteiger partial charge in [0.2, 0.25) is 0 Å². The molecule has 0 aromatic carbocycles. The number of methoxy groups -OCH3 is 1. The number of fused-ring (bicyclic) bond motifs is 5. The van der Waals surface area contributed by atoms with Crippen molar-refractivity contribution >= 4 is 11.9 Å². The summed E-state index contributed by atoms with van der Waals surface area (Å²) in [6, 6.07) is 0. The molecule has 2 saturated heterocycles. The summed E-state index contributed by atoms with van der Waals surface area (Å²) in [4.78, 5) is 25.4. The number of aliphatic hydroxyl groups is 5. The molecule has 18 atom stereocenters. The van der Waals surface area contributed by atoms with Crippen LogP contribution in [0.3, 0.4) is 0 Å². The van der Waals surface area contributed by atoms with Crippen molar-refractivity contribution in [1.29, 1.82) is 0 Å². The lowest BCUT2D eigenvalue weighted by Gasteiger charge is -2.63. The van der Waals surface area contributed by atoms with E-state index >= 15 is 0 Å². The molecule has 0 bridgehead atoms. The predicted octanol–water partition coefficient (Wildman–Crippen LogP) is 2.84. The lowest BCUT2D eigenvalue weighted by atomic mass is 9.44. The van der Waals surface area contributed by atoms with Gasteiger partial charge in [0.15, 0.2) is 12.6 Å². The minimum atomic E-state index is -1.57. The summed E-state index contributed by atoms with van der Waals surface area (Å²) in [6.45, 7) is 12.4.